The highest BCUT2D eigenvalue weighted by Crippen LogP contribution is 2.17. The van der Waals surface area contributed by atoms with E-state index in [9.17, 15) is 9.59 Å². The molecule has 0 aliphatic heterocycles. The second kappa shape index (κ2) is 12.8. The van der Waals surface area contributed by atoms with Crippen LogP contribution in [0.1, 0.15) is 78.7 Å². The highest BCUT2D eigenvalue weighted by Gasteiger charge is 2.15. The zero-order chi connectivity index (χ0) is 20.9. The van der Waals surface area contributed by atoms with Gasteiger partial charge in [0.15, 0.2) is 0 Å². The van der Waals surface area contributed by atoms with Gasteiger partial charge in [-0.15, -0.1) is 0 Å². The Morgan fingerprint density at radius 3 is 2.14 bits per heavy atom. The summed E-state index contributed by atoms with van der Waals surface area (Å²) in [6.45, 7) is 4.97. The molecule has 0 saturated heterocycles. The molecule has 0 aliphatic carbocycles. The number of hydrogen-bond acceptors (Lipinski definition) is 4. The Morgan fingerprint density at radius 2 is 1.48 bits per heavy atom. The van der Waals surface area contributed by atoms with Crippen molar-refractivity contribution in [3.8, 4) is 0 Å². The molecule has 2 aromatic rings. The van der Waals surface area contributed by atoms with Gasteiger partial charge in [0.25, 0.3) is 0 Å². The van der Waals surface area contributed by atoms with Crippen LogP contribution in [0, 0.1) is 5.92 Å². The van der Waals surface area contributed by atoms with Gasteiger partial charge >= 0.3 is 11.9 Å². The molecule has 29 heavy (non-hydrogen) atoms. The monoisotopic (exact) mass is 396 g/mol. The van der Waals surface area contributed by atoms with Crippen LogP contribution in [0.25, 0.3) is 0 Å². The first-order chi connectivity index (χ1) is 14.1. The molecule has 0 bridgehead atoms. The first-order valence-electron chi connectivity index (χ1n) is 10.6. The van der Waals surface area contributed by atoms with Gasteiger partial charge in [0.1, 0.15) is 6.61 Å². The van der Waals surface area contributed by atoms with Crippen LogP contribution in [-0.4, -0.2) is 18.5 Å². The lowest BCUT2D eigenvalue weighted by Gasteiger charge is -2.16. The summed E-state index contributed by atoms with van der Waals surface area (Å²) in [6, 6.07) is 16.0. The number of hydrogen-bond donors (Lipinski definition) is 0. The molecule has 0 N–H and O–H groups in total. The molecule has 0 aromatic heterocycles. The summed E-state index contributed by atoms with van der Waals surface area (Å²) in [6.07, 6.45) is 6.79. The maximum Gasteiger partial charge on any atom is 0.338 e. The van der Waals surface area contributed by atoms with E-state index in [1.165, 1.54) is 19.3 Å². The van der Waals surface area contributed by atoms with Gasteiger partial charge < -0.3 is 9.47 Å². The first kappa shape index (κ1) is 22.7. The van der Waals surface area contributed by atoms with E-state index in [1.54, 1.807) is 24.3 Å². The summed E-state index contributed by atoms with van der Waals surface area (Å²) < 4.78 is 10.9. The average Bonchev–Trinajstić information content (AvgIpc) is 2.76. The predicted molar refractivity (Wildman–Crippen MR) is 115 cm³/mol. The summed E-state index contributed by atoms with van der Waals surface area (Å²) in [5.41, 5.74) is 1.65. The molecule has 156 valence electrons. The van der Waals surface area contributed by atoms with Crippen molar-refractivity contribution in [3.05, 3.63) is 71.3 Å². The summed E-state index contributed by atoms with van der Waals surface area (Å²) in [5.74, 6) is -0.444. The number of esters is 2. The normalized spacial score (nSPS) is 11.7. The van der Waals surface area contributed by atoms with Crippen molar-refractivity contribution >= 4 is 11.9 Å². The Morgan fingerprint density at radius 1 is 0.793 bits per heavy atom. The molecule has 0 saturated carbocycles. The summed E-state index contributed by atoms with van der Waals surface area (Å²) in [4.78, 5) is 24.8. The van der Waals surface area contributed by atoms with Gasteiger partial charge in [0.2, 0.25) is 0 Å². The van der Waals surface area contributed by atoms with Gasteiger partial charge in [-0.1, -0.05) is 75.9 Å². The average molecular weight is 397 g/mol. The third-order valence-corrected chi connectivity index (χ3v) is 4.91. The number of benzene rings is 2. The van der Waals surface area contributed by atoms with Crippen molar-refractivity contribution in [2.24, 2.45) is 5.92 Å². The number of rotatable bonds is 12. The molecular weight excluding hydrogens is 364 g/mol. The van der Waals surface area contributed by atoms with Crippen molar-refractivity contribution in [2.75, 3.05) is 6.61 Å². The maximum absolute atomic E-state index is 12.5. The largest absolute Gasteiger partial charge is 0.462 e. The van der Waals surface area contributed by atoms with E-state index in [0.29, 0.717) is 23.7 Å². The van der Waals surface area contributed by atoms with Crippen LogP contribution in [-0.2, 0) is 16.1 Å². The van der Waals surface area contributed by atoms with Crippen LogP contribution < -0.4 is 0 Å². The van der Waals surface area contributed by atoms with Crippen LogP contribution in [0.3, 0.4) is 0 Å². The molecule has 0 fully saturated rings. The zero-order valence-electron chi connectivity index (χ0n) is 17.6. The topological polar surface area (TPSA) is 52.6 Å². The summed E-state index contributed by atoms with van der Waals surface area (Å²) >= 11 is 0. The Kier molecular flexibility index (Phi) is 9.98. The fourth-order valence-electron chi connectivity index (χ4n) is 3.26. The molecule has 2 aromatic carbocycles. The van der Waals surface area contributed by atoms with E-state index < -0.39 is 5.97 Å². The van der Waals surface area contributed by atoms with Gasteiger partial charge in [-0.25, -0.2) is 9.59 Å². The highest BCUT2D eigenvalue weighted by atomic mass is 16.5. The van der Waals surface area contributed by atoms with Gasteiger partial charge in [-0.2, -0.15) is 0 Å². The maximum atomic E-state index is 12.5. The third kappa shape index (κ3) is 8.10. The lowest BCUT2D eigenvalue weighted by atomic mass is 9.97. The Bertz CT molecular complexity index is 754. The van der Waals surface area contributed by atoms with Gasteiger partial charge in [0, 0.05) is 0 Å². The van der Waals surface area contributed by atoms with Crippen molar-refractivity contribution in [1.82, 2.24) is 0 Å². The predicted octanol–water partition coefficient (Wildman–Crippen LogP) is 6.20. The quantitative estimate of drug-likeness (QED) is 0.317. The molecule has 1 atom stereocenters. The minimum Gasteiger partial charge on any atom is -0.462 e. The van der Waals surface area contributed by atoms with Crippen molar-refractivity contribution in [3.63, 3.8) is 0 Å². The number of ether oxygens (including phenoxy) is 2. The Labute approximate surface area is 174 Å². The summed E-state index contributed by atoms with van der Waals surface area (Å²) in [5, 5.41) is 0. The molecule has 0 amide bonds. The van der Waals surface area contributed by atoms with Crippen molar-refractivity contribution in [2.45, 2.75) is 59.0 Å². The molecule has 4 heteroatoms. The van der Waals surface area contributed by atoms with Crippen LogP contribution >= 0.6 is 0 Å². The number of unbranched alkanes of at least 4 members (excludes halogenated alkanes) is 2. The smallest absolute Gasteiger partial charge is 0.338 e. The molecule has 0 spiro atoms. The second-order valence-electron chi connectivity index (χ2n) is 7.39. The fraction of sp³-hybridized carbons (Fsp3) is 0.440. The van der Waals surface area contributed by atoms with Gasteiger partial charge in [-0.05, 0) is 42.5 Å². The minimum atomic E-state index is -0.452. The van der Waals surface area contributed by atoms with Crippen LogP contribution in [0.15, 0.2) is 54.6 Å². The molecule has 0 aliphatic rings. The number of carbonyl (C=O) groups is 2. The second-order valence-corrected chi connectivity index (χ2v) is 7.39. The van der Waals surface area contributed by atoms with Crippen molar-refractivity contribution < 1.29 is 19.1 Å². The van der Waals surface area contributed by atoms with Crippen LogP contribution in [0.5, 0.6) is 0 Å². The van der Waals surface area contributed by atoms with E-state index in [-0.39, 0.29) is 12.6 Å². The van der Waals surface area contributed by atoms with E-state index in [1.807, 2.05) is 30.3 Å². The minimum absolute atomic E-state index is 0.199. The Hall–Kier alpha value is -2.62. The fourth-order valence-corrected chi connectivity index (χ4v) is 3.26. The molecule has 1 unspecified atom stereocenters. The van der Waals surface area contributed by atoms with E-state index >= 15 is 0 Å². The zero-order valence-corrected chi connectivity index (χ0v) is 17.6. The number of carbonyl (C=O) groups excluding carboxylic acids is 2. The highest BCUT2D eigenvalue weighted by molar-refractivity contribution is 5.95. The third-order valence-electron chi connectivity index (χ3n) is 4.91. The van der Waals surface area contributed by atoms with E-state index in [0.717, 1.165) is 24.8 Å². The lowest BCUT2D eigenvalue weighted by molar-refractivity contribution is 0.0423. The molecule has 2 rings (SSSR count). The van der Waals surface area contributed by atoms with E-state index in [4.69, 9.17) is 9.47 Å². The first-order valence-corrected chi connectivity index (χ1v) is 10.6. The van der Waals surface area contributed by atoms with Crippen molar-refractivity contribution in [1.29, 1.82) is 0 Å². The van der Waals surface area contributed by atoms with E-state index in [2.05, 4.69) is 13.8 Å². The van der Waals surface area contributed by atoms with Gasteiger partial charge in [0.05, 0.1) is 17.7 Å². The van der Waals surface area contributed by atoms with Gasteiger partial charge in [-0.3, -0.25) is 0 Å². The molecule has 0 radical (unpaired) electrons. The molecule has 4 nitrogen and oxygen atoms in total. The molecule has 0 heterocycles. The summed E-state index contributed by atoms with van der Waals surface area (Å²) in [7, 11) is 0. The van der Waals surface area contributed by atoms with Crippen LogP contribution in [0.4, 0.5) is 0 Å². The van der Waals surface area contributed by atoms with Crippen LogP contribution in [0.2, 0.25) is 0 Å². The Balaban J connectivity index is 1.89. The SMILES string of the molecule is CCCCCC(CCC)COC(=O)c1cccc(C(=O)OCc2ccccc2)c1. The lowest BCUT2D eigenvalue weighted by Crippen LogP contribution is -2.15. The standard InChI is InChI=1S/C25H32O4/c1-3-5-7-12-20(11-4-2)18-28-24(26)22-15-10-16-23(17-22)25(27)29-19-21-13-8-6-9-14-21/h6,8-10,13-17,20H,3-5,7,11-12,18-19H2,1-2H3. The molecular formula is C25H32O4.